The maximum Gasteiger partial charge on any atom is 0.282 e. The van der Waals surface area contributed by atoms with Gasteiger partial charge in [-0.2, -0.15) is 0 Å². The van der Waals surface area contributed by atoms with Crippen molar-refractivity contribution in [3.63, 3.8) is 0 Å². The number of carbonyl (C=O) groups excluding carboxylic acids is 2. The van der Waals surface area contributed by atoms with Crippen LogP contribution in [-0.4, -0.2) is 42.0 Å². The Morgan fingerprint density at radius 1 is 0.968 bits per heavy atom. The van der Waals surface area contributed by atoms with E-state index in [1.54, 1.807) is 24.3 Å². The normalized spacial score (nSPS) is 22.0. The van der Waals surface area contributed by atoms with E-state index in [1.165, 1.54) is 4.90 Å². The maximum atomic E-state index is 13.8. The van der Waals surface area contributed by atoms with Gasteiger partial charge in [-0.05, 0) is 57.0 Å². The van der Waals surface area contributed by atoms with Gasteiger partial charge in [-0.15, -0.1) is 0 Å². The minimum absolute atomic E-state index is 0.0733. The van der Waals surface area contributed by atoms with Gasteiger partial charge in [-0.3, -0.25) is 9.59 Å². The van der Waals surface area contributed by atoms with Gasteiger partial charge in [0.2, 0.25) is 0 Å². The predicted molar refractivity (Wildman–Crippen MR) is 123 cm³/mol. The lowest BCUT2D eigenvalue weighted by Crippen LogP contribution is -2.47. The molecule has 2 aliphatic rings. The summed E-state index contributed by atoms with van der Waals surface area (Å²) in [6, 6.07) is 10.6. The number of benzene rings is 2. The van der Waals surface area contributed by atoms with Crippen LogP contribution < -0.4 is 4.90 Å². The highest BCUT2D eigenvalue weighted by Crippen LogP contribution is 2.40. The van der Waals surface area contributed by atoms with Crippen molar-refractivity contribution in [2.24, 2.45) is 0 Å². The number of carbonyl (C=O) groups is 2. The Kier molecular flexibility index (Phi) is 5.86. The molecule has 1 fully saturated rings. The van der Waals surface area contributed by atoms with Crippen molar-refractivity contribution < 1.29 is 14.3 Å². The van der Waals surface area contributed by atoms with Gasteiger partial charge in [-0.25, -0.2) is 4.90 Å². The van der Waals surface area contributed by atoms with Crippen LogP contribution in [0.3, 0.4) is 0 Å². The molecule has 0 radical (unpaired) electrons. The molecule has 0 bridgehead atoms. The third-order valence-corrected chi connectivity index (χ3v) is 6.36. The average Bonchev–Trinajstić information content (AvgIpc) is 2.94. The molecule has 7 heteroatoms. The van der Waals surface area contributed by atoms with E-state index < -0.39 is 0 Å². The Labute approximate surface area is 192 Å². The van der Waals surface area contributed by atoms with E-state index in [0.29, 0.717) is 45.7 Å². The number of hydrogen-bond acceptors (Lipinski definition) is 4. The zero-order chi connectivity index (χ0) is 22.4. The number of ether oxygens (including phenoxy) is 1. The number of hydrogen-bond donors (Lipinski definition) is 0. The summed E-state index contributed by atoms with van der Waals surface area (Å²) in [5.74, 6) is -0.731. The van der Waals surface area contributed by atoms with Gasteiger partial charge < -0.3 is 9.64 Å². The van der Waals surface area contributed by atoms with Crippen molar-refractivity contribution in [3.05, 3.63) is 68.8 Å². The number of aryl methyl sites for hydroxylation is 1. The Balaban J connectivity index is 1.90. The van der Waals surface area contributed by atoms with E-state index in [-0.39, 0.29) is 24.0 Å². The van der Waals surface area contributed by atoms with Gasteiger partial charge >= 0.3 is 0 Å². The summed E-state index contributed by atoms with van der Waals surface area (Å²) in [6.07, 6.45) is -0.147. The summed E-state index contributed by atoms with van der Waals surface area (Å²) >= 11 is 12.6. The largest absolute Gasteiger partial charge is 0.372 e. The molecule has 0 saturated carbocycles. The van der Waals surface area contributed by atoms with Crippen molar-refractivity contribution in [2.75, 3.05) is 18.0 Å². The Morgan fingerprint density at radius 2 is 1.65 bits per heavy atom. The Hall–Kier alpha value is -2.34. The van der Waals surface area contributed by atoms with Gasteiger partial charge in [0.25, 0.3) is 11.8 Å². The number of halogens is 2. The topological polar surface area (TPSA) is 49.9 Å². The lowest BCUT2D eigenvalue weighted by molar-refractivity contribution is -0.121. The second kappa shape index (κ2) is 8.30. The molecule has 1 saturated heterocycles. The third-order valence-electron chi connectivity index (χ3n) is 5.81. The summed E-state index contributed by atoms with van der Waals surface area (Å²) in [6.45, 7) is 8.81. The minimum Gasteiger partial charge on any atom is -0.372 e. The molecule has 4 rings (SSSR count). The molecular weight excluding hydrogens is 435 g/mol. The highest BCUT2D eigenvalue weighted by atomic mass is 35.5. The van der Waals surface area contributed by atoms with Crippen molar-refractivity contribution in [1.82, 2.24) is 4.90 Å². The Bertz CT molecular complexity index is 1100. The van der Waals surface area contributed by atoms with Crippen molar-refractivity contribution >= 4 is 46.3 Å². The minimum atomic E-state index is -0.385. The lowest BCUT2D eigenvalue weighted by Gasteiger charge is -2.37. The van der Waals surface area contributed by atoms with E-state index in [1.807, 2.05) is 44.7 Å². The first-order chi connectivity index (χ1) is 14.7. The molecule has 2 aromatic rings. The monoisotopic (exact) mass is 458 g/mol. The van der Waals surface area contributed by atoms with Gasteiger partial charge in [-0.1, -0.05) is 41.4 Å². The van der Waals surface area contributed by atoms with Crippen LogP contribution in [0.5, 0.6) is 0 Å². The molecule has 0 N–H and O–H groups in total. The lowest BCUT2D eigenvalue weighted by atomic mass is 10.0. The van der Waals surface area contributed by atoms with Crippen LogP contribution in [0, 0.1) is 13.8 Å². The summed E-state index contributed by atoms with van der Waals surface area (Å²) in [5.41, 5.74) is 3.63. The molecular formula is C24H24Cl2N2O3. The number of imide groups is 1. The van der Waals surface area contributed by atoms with Crippen LogP contribution in [0.15, 0.2) is 42.1 Å². The standard InChI is InChI=1S/C24H24Cl2N2O3/c1-13-6-5-7-20(16(13)4)28-23(29)21(18-9-8-17(25)10-19(18)26)22(24(28)30)27-11-14(2)31-15(3)12-27/h5-10,14-15H,11-12H2,1-4H3. The van der Waals surface area contributed by atoms with E-state index in [2.05, 4.69) is 0 Å². The molecule has 2 amide bonds. The quantitative estimate of drug-likeness (QED) is 0.606. The van der Waals surface area contributed by atoms with Gasteiger partial charge in [0.1, 0.15) is 5.70 Å². The zero-order valence-electron chi connectivity index (χ0n) is 17.9. The van der Waals surface area contributed by atoms with Crippen LogP contribution in [0.2, 0.25) is 10.0 Å². The summed E-state index contributed by atoms with van der Waals surface area (Å²) in [4.78, 5) is 30.7. The molecule has 2 unspecified atom stereocenters. The fourth-order valence-corrected chi connectivity index (χ4v) is 4.81. The fraction of sp³-hybridized carbons (Fsp3) is 0.333. The molecule has 31 heavy (non-hydrogen) atoms. The molecule has 2 atom stereocenters. The number of amides is 2. The molecule has 2 heterocycles. The van der Waals surface area contributed by atoms with Crippen LogP contribution in [0.25, 0.3) is 5.57 Å². The van der Waals surface area contributed by atoms with Crippen LogP contribution >= 0.6 is 23.2 Å². The maximum absolute atomic E-state index is 13.8. The van der Waals surface area contributed by atoms with E-state index >= 15 is 0 Å². The number of morpholine rings is 1. The molecule has 162 valence electrons. The Morgan fingerprint density at radius 3 is 2.29 bits per heavy atom. The van der Waals surface area contributed by atoms with Crippen molar-refractivity contribution in [2.45, 2.75) is 39.9 Å². The smallest absolute Gasteiger partial charge is 0.282 e. The second-order valence-electron chi connectivity index (χ2n) is 8.17. The molecule has 2 aliphatic heterocycles. The van der Waals surface area contributed by atoms with Gasteiger partial charge in [0, 0.05) is 23.7 Å². The van der Waals surface area contributed by atoms with Crippen LogP contribution in [0.4, 0.5) is 5.69 Å². The molecule has 0 aromatic heterocycles. The predicted octanol–water partition coefficient (Wildman–Crippen LogP) is 5.00. The second-order valence-corrected chi connectivity index (χ2v) is 9.02. The molecule has 0 spiro atoms. The van der Waals surface area contributed by atoms with Crippen LogP contribution in [-0.2, 0) is 14.3 Å². The number of rotatable bonds is 3. The van der Waals surface area contributed by atoms with E-state index in [9.17, 15) is 9.59 Å². The number of anilines is 1. The highest BCUT2D eigenvalue weighted by Gasteiger charge is 2.44. The first kappa shape index (κ1) is 21.9. The summed E-state index contributed by atoms with van der Waals surface area (Å²) in [7, 11) is 0. The summed E-state index contributed by atoms with van der Waals surface area (Å²) in [5, 5.41) is 0.797. The van der Waals surface area contributed by atoms with E-state index in [0.717, 1.165) is 11.1 Å². The average molecular weight is 459 g/mol. The molecule has 2 aromatic carbocycles. The number of nitrogens with zero attached hydrogens (tertiary/aromatic N) is 2. The van der Waals surface area contributed by atoms with Gasteiger partial charge in [0.15, 0.2) is 0 Å². The van der Waals surface area contributed by atoms with Crippen molar-refractivity contribution in [1.29, 1.82) is 0 Å². The SMILES string of the molecule is Cc1cccc(N2C(=O)C(c3ccc(Cl)cc3Cl)=C(N3CC(C)OC(C)C3)C2=O)c1C. The zero-order valence-corrected chi connectivity index (χ0v) is 19.4. The fourth-order valence-electron chi connectivity index (χ4n) is 4.30. The first-order valence-corrected chi connectivity index (χ1v) is 11.0. The van der Waals surface area contributed by atoms with Gasteiger partial charge in [0.05, 0.1) is 28.5 Å². The first-order valence-electron chi connectivity index (χ1n) is 10.2. The summed E-state index contributed by atoms with van der Waals surface area (Å²) < 4.78 is 5.85. The van der Waals surface area contributed by atoms with Crippen molar-refractivity contribution in [3.8, 4) is 0 Å². The molecule has 0 aliphatic carbocycles. The van der Waals surface area contributed by atoms with Crippen LogP contribution in [0.1, 0.15) is 30.5 Å². The molecule has 5 nitrogen and oxygen atoms in total. The third kappa shape index (κ3) is 3.86. The highest BCUT2D eigenvalue weighted by molar-refractivity contribution is 6.47. The van der Waals surface area contributed by atoms with E-state index in [4.69, 9.17) is 27.9 Å².